The predicted molar refractivity (Wildman–Crippen MR) is 108 cm³/mol. The lowest BCUT2D eigenvalue weighted by Crippen LogP contribution is -2.47. The van der Waals surface area contributed by atoms with E-state index in [1.807, 2.05) is 27.0 Å². The Morgan fingerprint density at radius 2 is 2.26 bits per heavy atom. The van der Waals surface area contributed by atoms with Crippen LogP contribution in [0.2, 0.25) is 0 Å². The van der Waals surface area contributed by atoms with Gasteiger partial charge in [-0.1, -0.05) is 6.07 Å². The zero-order valence-electron chi connectivity index (χ0n) is 16.0. The van der Waals surface area contributed by atoms with Crippen LogP contribution in [0, 0.1) is 13.8 Å². The van der Waals surface area contributed by atoms with E-state index in [1.165, 1.54) is 4.88 Å². The summed E-state index contributed by atoms with van der Waals surface area (Å²) >= 11 is 1.79. The van der Waals surface area contributed by atoms with E-state index in [0.717, 1.165) is 54.9 Å². The first-order valence-corrected chi connectivity index (χ1v) is 10.3. The maximum Gasteiger partial charge on any atom is 0.252 e. The van der Waals surface area contributed by atoms with Gasteiger partial charge in [0.25, 0.3) is 5.91 Å². The minimum Gasteiger partial charge on any atom is -0.348 e. The Morgan fingerprint density at radius 1 is 1.41 bits per heavy atom. The molecule has 6 nitrogen and oxygen atoms in total. The number of thiophene rings is 1. The standard InChI is InChI=1S/C20H25N5OS/c1-13-10-17(18-14(2)23-24(3)19(18)21-13)20(26)22-15-6-4-8-25(11-15)12-16-7-5-9-27-16/h5,7,9-10,15H,4,6,8,11-12H2,1-3H3,(H,22,26). The number of hydrogen-bond acceptors (Lipinski definition) is 5. The fraction of sp³-hybridized carbons (Fsp3) is 0.450. The summed E-state index contributed by atoms with van der Waals surface area (Å²) in [5.74, 6) is -0.0235. The molecule has 1 aliphatic rings. The highest BCUT2D eigenvalue weighted by atomic mass is 32.1. The number of carbonyl (C=O) groups is 1. The van der Waals surface area contributed by atoms with Crippen LogP contribution in [0.3, 0.4) is 0 Å². The van der Waals surface area contributed by atoms with Crippen LogP contribution in [-0.4, -0.2) is 44.7 Å². The van der Waals surface area contributed by atoms with Crippen molar-refractivity contribution in [1.82, 2.24) is 25.0 Å². The minimum absolute atomic E-state index is 0.0235. The molecule has 1 saturated heterocycles. The van der Waals surface area contributed by atoms with Gasteiger partial charge in [0, 0.05) is 36.8 Å². The molecule has 7 heteroatoms. The molecule has 0 saturated carbocycles. The number of nitrogens with zero attached hydrogens (tertiary/aromatic N) is 4. The zero-order chi connectivity index (χ0) is 19.0. The Kier molecular flexibility index (Phi) is 4.97. The van der Waals surface area contributed by atoms with Crippen molar-refractivity contribution in [2.45, 2.75) is 39.3 Å². The molecule has 1 atom stereocenters. The molecule has 27 heavy (non-hydrogen) atoms. The first-order valence-electron chi connectivity index (χ1n) is 9.38. The molecule has 142 valence electrons. The van der Waals surface area contributed by atoms with E-state index in [1.54, 1.807) is 16.0 Å². The van der Waals surface area contributed by atoms with Crippen LogP contribution in [0.5, 0.6) is 0 Å². The number of rotatable bonds is 4. The Labute approximate surface area is 163 Å². The molecular weight excluding hydrogens is 358 g/mol. The second kappa shape index (κ2) is 7.40. The van der Waals surface area contributed by atoms with Gasteiger partial charge in [0.05, 0.1) is 16.6 Å². The van der Waals surface area contributed by atoms with Crippen molar-refractivity contribution in [3.63, 3.8) is 0 Å². The number of pyridine rings is 1. The second-order valence-corrected chi connectivity index (χ2v) is 8.38. The first-order chi connectivity index (χ1) is 13.0. The van der Waals surface area contributed by atoms with Gasteiger partial charge < -0.3 is 5.32 Å². The predicted octanol–water partition coefficient (Wildman–Crippen LogP) is 3.04. The number of likely N-dealkylation sites (tertiary alicyclic amines) is 1. The fourth-order valence-corrected chi connectivity index (χ4v) is 4.70. The SMILES string of the molecule is Cc1cc(C(=O)NC2CCCN(Cc3cccs3)C2)c2c(C)nn(C)c2n1. The van der Waals surface area contributed by atoms with Gasteiger partial charge in [-0.25, -0.2) is 4.98 Å². The number of carbonyl (C=O) groups excluding carboxylic acids is 1. The van der Waals surface area contributed by atoms with E-state index in [0.29, 0.717) is 5.56 Å². The van der Waals surface area contributed by atoms with Gasteiger partial charge in [-0.2, -0.15) is 5.10 Å². The third kappa shape index (κ3) is 3.75. The Bertz CT molecular complexity index is 963. The van der Waals surface area contributed by atoms with Crippen molar-refractivity contribution in [1.29, 1.82) is 0 Å². The number of amides is 1. The van der Waals surface area contributed by atoms with Crippen molar-refractivity contribution < 1.29 is 4.79 Å². The summed E-state index contributed by atoms with van der Waals surface area (Å²) in [6.45, 7) is 6.79. The molecule has 0 bridgehead atoms. The lowest BCUT2D eigenvalue weighted by Gasteiger charge is -2.32. The topological polar surface area (TPSA) is 63.1 Å². The highest BCUT2D eigenvalue weighted by Gasteiger charge is 2.24. The summed E-state index contributed by atoms with van der Waals surface area (Å²) in [4.78, 5) is 21.4. The van der Waals surface area contributed by atoms with Crippen LogP contribution in [0.1, 0.15) is 39.5 Å². The molecule has 0 spiro atoms. The third-order valence-electron chi connectivity index (χ3n) is 5.14. The summed E-state index contributed by atoms with van der Waals surface area (Å²) in [5.41, 5.74) is 3.12. The Balaban J connectivity index is 1.51. The number of aromatic nitrogens is 3. The molecule has 3 aromatic rings. The molecule has 3 aromatic heterocycles. The first kappa shape index (κ1) is 18.1. The third-order valence-corrected chi connectivity index (χ3v) is 6.00. The summed E-state index contributed by atoms with van der Waals surface area (Å²) < 4.78 is 1.75. The number of nitrogens with one attached hydrogen (secondary N) is 1. The van der Waals surface area contributed by atoms with Gasteiger partial charge in [-0.3, -0.25) is 14.4 Å². The van der Waals surface area contributed by atoms with Crippen LogP contribution in [0.15, 0.2) is 23.6 Å². The number of fused-ring (bicyclic) bond motifs is 1. The minimum atomic E-state index is -0.0235. The zero-order valence-corrected chi connectivity index (χ0v) is 16.8. The molecule has 4 rings (SSSR count). The Morgan fingerprint density at radius 3 is 3.04 bits per heavy atom. The molecule has 0 aliphatic carbocycles. The van der Waals surface area contributed by atoms with Crippen molar-refractivity contribution in [3.8, 4) is 0 Å². The lowest BCUT2D eigenvalue weighted by atomic mass is 10.0. The quantitative estimate of drug-likeness (QED) is 0.752. The molecular formula is C20H25N5OS. The normalized spacial score (nSPS) is 18.1. The maximum absolute atomic E-state index is 13.1. The number of piperidine rings is 1. The monoisotopic (exact) mass is 383 g/mol. The van der Waals surface area contributed by atoms with Gasteiger partial charge in [-0.15, -0.1) is 11.3 Å². The van der Waals surface area contributed by atoms with Crippen LogP contribution in [0.25, 0.3) is 11.0 Å². The van der Waals surface area contributed by atoms with Crippen LogP contribution < -0.4 is 5.32 Å². The summed E-state index contributed by atoms with van der Waals surface area (Å²) in [6, 6.07) is 6.32. The molecule has 0 radical (unpaired) electrons. The lowest BCUT2D eigenvalue weighted by molar-refractivity contribution is 0.0902. The van der Waals surface area contributed by atoms with E-state index in [4.69, 9.17) is 0 Å². The van der Waals surface area contributed by atoms with Crippen molar-refractivity contribution in [2.75, 3.05) is 13.1 Å². The molecule has 1 unspecified atom stereocenters. The summed E-state index contributed by atoms with van der Waals surface area (Å²) in [7, 11) is 1.87. The highest BCUT2D eigenvalue weighted by Crippen LogP contribution is 2.22. The van der Waals surface area contributed by atoms with Crippen molar-refractivity contribution in [3.05, 3.63) is 45.4 Å². The van der Waals surface area contributed by atoms with E-state index < -0.39 is 0 Å². The number of hydrogen-bond donors (Lipinski definition) is 1. The molecule has 0 aromatic carbocycles. The van der Waals surface area contributed by atoms with Crippen LogP contribution in [0.4, 0.5) is 0 Å². The van der Waals surface area contributed by atoms with Gasteiger partial charge >= 0.3 is 0 Å². The van der Waals surface area contributed by atoms with E-state index in [-0.39, 0.29) is 11.9 Å². The highest BCUT2D eigenvalue weighted by molar-refractivity contribution is 7.09. The van der Waals surface area contributed by atoms with E-state index >= 15 is 0 Å². The molecule has 1 fully saturated rings. The van der Waals surface area contributed by atoms with Gasteiger partial charge in [0.2, 0.25) is 0 Å². The van der Waals surface area contributed by atoms with E-state index in [2.05, 4.69) is 37.8 Å². The van der Waals surface area contributed by atoms with Crippen molar-refractivity contribution >= 4 is 28.3 Å². The summed E-state index contributed by atoms with van der Waals surface area (Å²) in [6.07, 6.45) is 2.12. The number of aryl methyl sites for hydroxylation is 3. The van der Waals surface area contributed by atoms with Crippen LogP contribution >= 0.6 is 11.3 Å². The average Bonchev–Trinajstić information content (AvgIpc) is 3.23. The van der Waals surface area contributed by atoms with Gasteiger partial charge in [0.1, 0.15) is 0 Å². The van der Waals surface area contributed by atoms with E-state index in [9.17, 15) is 4.79 Å². The maximum atomic E-state index is 13.1. The molecule has 4 heterocycles. The smallest absolute Gasteiger partial charge is 0.252 e. The summed E-state index contributed by atoms with van der Waals surface area (Å²) in [5, 5.41) is 10.7. The Hall–Kier alpha value is -2.25. The fourth-order valence-electron chi connectivity index (χ4n) is 3.95. The van der Waals surface area contributed by atoms with Gasteiger partial charge in [0.15, 0.2) is 5.65 Å². The average molecular weight is 384 g/mol. The van der Waals surface area contributed by atoms with Crippen molar-refractivity contribution in [2.24, 2.45) is 7.05 Å². The van der Waals surface area contributed by atoms with Crippen LogP contribution in [-0.2, 0) is 13.6 Å². The second-order valence-electron chi connectivity index (χ2n) is 7.35. The largest absolute Gasteiger partial charge is 0.348 e. The molecule has 1 aliphatic heterocycles. The molecule has 1 N–H and O–H groups in total. The van der Waals surface area contributed by atoms with Gasteiger partial charge in [-0.05, 0) is 50.7 Å². The molecule has 1 amide bonds.